The Kier molecular flexibility index (Phi) is 3.86. The fraction of sp³-hybridized carbons (Fsp3) is 0.235. The Hall–Kier alpha value is -2.18. The maximum absolute atomic E-state index is 9.61. The first kappa shape index (κ1) is 15.4. The number of hydrogen-bond donors (Lipinski definition) is 3. The van der Waals surface area contributed by atoms with Gasteiger partial charge >= 0.3 is 0 Å². The molecule has 3 aromatic heterocycles. The molecule has 0 aliphatic heterocycles. The summed E-state index contributed by atoms with van der Waals surface area (Å²) in [5, 5.41) is 20.0. The number of rotatable bonds is 5. The monoisotopic (exact) mass is 360 g/mol. The quantitative estimate of drug-likeness (QED) is 0.455. The van der Waals surface area contributed by atoms with Gasteiger partial charge in [-0.3, -0.25) is 5.10 Å². The van der Waals surface area contributed by atoms with Gasteiger partial charge in [0.15, 0.2) is 5.82 Å². The minimum atomic E-state index is 0.182. The van der Waals surface area contributed by atoms with E-state index >= 15 is 0 Å². The van der Waals surface area contributed by atoms with E-state index in [1.807, 2.05) is 6.07 Å². The van der Waals surface area contributed by atoms with Gasteiger partial charge < -0.3 is 9.67 Å². The predicted octanol–water partition coefficient (Wildman–Crippen LogP) is 5.25. The van der Waals surface area contributed by atoms with Gasteiger partial charge in [0.2, 0.25) is 0 Å². The number of aromatic amines is 2. The highest BCUT2D eigenvalue weighted by molar-refractivity contribution is 7.22. The summed E-state index contributed by atoms with van der Waals surface area (Å²) in [4.78, 5) is 1.12. The van der Waals surface area contributed by atoms with Crippen molar-refractivity contribution in [3.63, 3.8) is 0 Å². The highest BCUT2D eigenvalue weighted by atomic mass is 35.5. The number of thiophene rings is 1. The smallest absolute Gasteiger partial charge is 0.185 e. The summed E-state index contributed by atoms with van der Waals surface area (Å²) in [7, 11) is 0. The van der Waals surface area contributed by atoms with Gasteiger partial charge in [-0.25, -0.2) is 5.21 Å². The van der Waals surface area contributed by atoms with Crippen LogP contribution in [-0.2, 0) is 6.54 Å². The molecular formula is C17H17ClN4OS. The van der Waals surface area contributed by atoms with E-state index in [1.54, 1.807) is 23.5 Å². The van der Waals surface area contributed by atoms with E-state index < -0.39 is 0 Å². The Morgan fingerprint density at radius 1 is 1.29 bits per heavy atom. The van der Waals surface area contributed by atoms with Crippen molar-refractivity contribution < 1.29 is 5.11 Å². The van der Waals surface area contributed by atoms with Crippen LogP contribution in [0.3, 0.4) is 0 Å². The summed E-state index contributed by atoms with van der Waals surface area (Å²) in [6.45, 7) is 3.12. The minimum Gasteiger partial charge on any atom is -0.508 e. The van der Waals surface area contributed by atoms with Crippen LogP contribution in [0.5, 0.6) is 5.75 Å². The summed E-state index contributed by atoms with van der Waals surface area (Å²) < 4.78 is 3.51. The van der Waals surface area contributed by atoms with Gasteiger partial charge in [0.25, 0.3) is 0 Å². The second kappa shape index (κ2) is 6.03. The zero-order chi connectivity index (χ0) is 16.7. The predicted molar refractivity (Wildman–Crippen MR) is 98.8 cm³/mol. The maximum Gasteiger partial charge on any atom is 0.185 e. The number of hydrogen-bond acceptors (Lipinski definition) is 3. The molecule has 0 aliphatic carbocycles. The van der Waals surface area contributed by atoms with Crippen LogP contribution in [0.2, 0.25) is 5.02 Å². The number of aromatic nitrogens is 4. The Balaban J connectivity index is 1.87. The molecular weight excluding hydrogens is 344 g/mol. The van der Waals surface area contributed by atoms with Crippen LogP contribution in [-0.4, -0.2) is 25.1 Å². The Bertz CT molecular complexity index is 985. The lowest BCUT2D eigenvalue weighted by Crippen LogP contribution is -2.00. The first-order valence-corrected chi connectivity index (χ1v) is 9.08. The van der Waals surface area contributed by atoms with Crippen molar-refractivity contribution in [2.45, 2.75) is 26.3 Å². The van der Waals surface area contributed by atoms with Gasteiger partial charge in [0.05, 0.1) is 25.8 Å². The molecule has 7 heteroatoms. The Morgan fingerprint density at radius 2 is 2.12 bits per heavy atom. The molecule has 0 bridgehead atoms. The average molecular weight is 361 g/mol. The van der Waals surface area contributed by atoms with Crippen LogP contribution in [0, 0.1) is 0 Å². The SMILES string of the molecule is CCCCn1c(-c2ccc(O)cc2Cl)cc2sc(-c3n[nH][nH]3)cc21. The molecule has 0 saturated heterocycles. The van der Waals surface area contributed by atoms with Crippen molar-refractivity contribution in [1.82, 2.24) is 20.0 Å². The number of fused-ring (bicyclic) bond motifs is 1. The number of unbranched alkanes of at least 4 members (excludes halogenated alkanes) is 1. The molecule has 3 N–H and O–H groups in total. The Morgan fingerprint density at radius 3 is 2.79 bits per heavy atom. The van der Waals surface area contributed by atoms with E-state index in [2.05, 4.69) is 39.0 Å². The van der Waals surface area contributed by atoms with E-state index in [0.29, 0.717) is 5.02 Å². The van der Waals surface area contributed by atoms with Gasteiger partial charge in [-0.05, 0) is 36.8 Å². The lowest BCUT2D eigenvalue weighted by molar-refractivity contribution is 0.475. The zero-order valence-corrected chi connectivity index (χ0v) is 14.7. The summed E-state index contributed by atoms with van der Waals surface area (Å²) in [5.74, 6) is 1.06. The number of H-pyrrole nitrogens is 2. The second-order valence-electron chi connectivity index (χ2n) is 5.76. The summed E-state index contributed by atoms with van der Waals surface area (Å²) >= 11 is 8.08. The lowest BCUT2D eigenvalue weighted by Gasteiger charge is -2.11. The van der Waals surface area contributed by atoms with Crippen molar-refractivity contribution in [2.75, 3.05) is 0 Å². The molecule has 0 aliphatic rings. The van der Waals surface area contributed by atoms with Crippen molar-refractivity contribution in [3.8, 4) is 27.7 Å². The molecule has 3 heterocycles. The molecule has 1 aromatic carbocycles. The molecule has 0 radical (unpaired) electrons. The van der Waals surface area contributed by atoms with E-state index in [4.69, 9.17) is 11.6 Å². The number of benzene rings is 1. The summed E-state index contributed by atoms with van der Waals surface area (Å²) in [6, 6.07) is 9.48. The van der Waals surface area contributed by atoms with E-state index in [0.717, 1.165) is 41.3 Å². The van der Waals surface area contributed by atoms with Crippen LogP contribution in [0.4, 0.5) is 0 Å². The van der Waals surface area contributed by atoms with Crippen LogP contribution in [0.1, 0.15) is 19.8 Å². The zero-order valence-electron chi connectivity index (χ0n) is 13.1. The van der Waals surface area contributed by atoms with Crippen molar-refractivity contribution in [3.05, 3.63) is 35.4 Å². The number of halogens is 1. The minimum absolute atomic E-state index is 0.182. The highest BCUT2D eigenvalue weighted by Crippen LogP contribution is 2.39. The van der Waals surface area contributed by atoms with E-state index in [1.165, 1.54) is 10.2 Å². The van der Waals surface area contributed by atoms with Crippen LogP contribution in [0.15, 0.2) is 30.3 Å². The molecule has 0 fully saturated rings. The van der Waals surface area contributed by atoms with Crippen LogP contribution < -0.4 is 0 Å². The molecule has 4 rings (SSSR count). The fourth-order valence-corrected chi connectivity index (χ4v) is 4.20. The number of phenolic OH excluding ortho intramolecular Hbond substituents is 1. The lowest BCUT2D eigenvalue weighted by atomic mass is 10.1. The topological polar surface area (TPSA) is 69.6 Å². The molecule has 5 nitrogen and oxygen atoms in total. The van der Waals surface area contributed by atoms with Crippen LogP contribution in [0.25, 0.3) is 32.2 Å². The fourth-order valence-electron chi connectivity index (χ4n) is 2.88. The van der Waals surface area contributed by atoms with E-state index in [9.17, 15) is 5.11 Å². The maximum atomic E-state index is 9.61. The summed E-state index contributed by atoms with van der Waals surface area (Å²) in [5.41, 5.74) is 3.22. The van der Waals surface area contributed by atoms with Gasteiger partial charge in [0, 0.05) is 12.1 Å². The molecule has 0 atom stereocenters. The van der Waals surface area contributed by atoms with Crippen LogP contribution >= 0.6 is 22.9 Å². The highest BCUT2D eigenvalue weighted by Gasteiger charge is 2.17. The van der Waals surface area contributed by atoms with Gasteiger partial charge in [-0.15, -0.1) is 16.4 Å². The van der Waals surface area contributed by atoms with Crippen molar-refractivity contribution >= 4 is 33.2 Å². The molecule has 0 unspecified atom stereocenters. The third kappa shape index (κ3) is 2.52. The van der Waals surface area contributed by atoms with Crippen molar-refractivity contribution in [1.29, 1.82) is 0 Å². The molecule has 0 saturated carbocycles. The Labute approximate surface area is 147 Å². The number of aryl methyl sites for hydroxylation is 1. The molecule has 0 amide bonds. The summed E-state index contributed by atoms with van der Waals surface area (Å²) in [6.07, 6.45) is 2.22. The normalized spacial score (nSPS) is 11.6. The third-order valence-corrected chi connectivity index (χ3v) is 5.52. The molecule has 124 valence electrons. The van der Waals surface area contributed by atoms with Gasteiger partial charge in [-0.1, -0.05) is 24.9 Å². The van der Waals surface area contributed by atoms with E-state index in [-0.39, 0.29) is 5.75 Å². The number of nitrogens with zero attached hydrogens (tertiary/aromatic N) is 2. The van der Waals surface area contributed by atoms with Gasteiger partial charge in [-0.2, -0.15) is 0 Å². The second-order valence-corrected chi connectivity index (χ2v) is 7.25. The first-order chi connectivity index (χ1) is 11.7. The molecule has 4 aromatic rings. The first-order valence-electron chi connectivity index (χ1n) is 7.88. The number of nitrogens with one attached hydrogen (secondary N) is 2. The standard InChI is InChI=1S/C17H17ClN4OS/c1-2-3-6-22-13(11-5-4-10(23)7-12(11)18)8-15-14(22)9-16(24-15)17-19-21-20-17/h4-5,7-9,21,23H,2-3,6H2,1H3,(H,19,20). The third-order valence-electron chi connectivity index (χ3n) is 4.13. The number of aromatic hydroxyl groups is 1. The van der Waals surface area contributed by atoms with Gasteiger partial charge in [0.1, 0.15) is 5.75 Å². The van der Waals surface area contributed by atoms with Crippen molar-refractivity contribution in [2.24, 2.45) is 0 Å². The number of phenols is 1. The molecule has 24 heavy (non-hydrogen) atoms. The largest absolute Gasteiger partial charge is 0.508 e. The molecule has 0 spiro atoms. The average Bonchev–Trinajstić information content (AvgIpc) is 3.01.